The van der Waals surface area contributed by atoms with E-state index in [0.717, 1.165) is 57.8 Å². The molecule has 0 saturated heterocycles. The maximum atomic E-state index is 12.6. The lowest BCUT2D eigenvalue weighted by Crippen LogP contribution is -2.37. The van der Waals surface area contributed by atoms with E-state index < -0.39 is 32.5 Å². The smallest absolute Gasteiger partial charge is 0.306 e. The summed E-state index contributed by atoms with van der Waals surface area (Å²) in [5.41, 5.74) is 0. The number of hydrogen-bond donors (Lipinski definition) is 0. The molecule has 0 saturated carbocycles. The average Bonchev–Trinajstić information content (AvgIpc) is 3.17. The van der Waals surface area contributed by atoms with Gasteiger partial charge in [-0.25, -0.2) is 0 Å². The van der Waals surface area contributed by atoms with E-state index in [9.17, 15) is 19.0 Å². The summed E-state index contributed by atoms with van der Waals surface area (Å²) in [5, 5.41) is 0. The van der Waals surface area contributed by atoms with Crippen LogP contribution < -0.4 is 4.89 Å². The Balaban J connectivity index is 4.50. The fourth-order valence-corrected chi connectivity index (χ4v) is 6.36. The minimum Gasteiger partial charge on any atom is -0.756 e. The molecule has 1 unspecified atom stereocenters. The molecule has 334 valence electrons. The van der Waals surface area contributed by atoms with Gasteiger partial charge in [-0.15, -0.1) is 0 Å². The molecule has 0 amide bonds. The van der Waals surface area contributed by atoms with Crippen LogP contribution in [0.1, 0.15) is 168 Å². The number of phosphoric ester groups is 1. The van der Waals surface area contributed by atoms with Crippen LogP contribution in [-0.2, 0) is 32.7 Å². The van der Waals surface area contributed by atoms with Crippen LogP contribution in [0.5, 0.6) is 0 Å². The van der Waals surface area contributed by atoms with Gasteiger partial charge >= 0.3 is 11.9 Å². The summed E-state index contributed by atoms with van der Waals surface area (Å²) in [5.74, 6) is -0.945. The number of unbranched alkanes of at least 4 members (excludes halogenated alkanes) is 14. The van der Waals surface area contributed by atoms with Crippen molar-refractivity contribution in [2.75, 3.05) is 47.5 Å². The highest BCUT2D eigenvalue weighted by molar-refractivity contribution is 7.45. The molecule has 9 nitrogen and oxygen atoms in total. The third-order valence-electron chi connectivity index (χ3n) is 9.21. The van der Waals surface area contributed by atoms with Crippen LogP contribution in [-0.4, -0.2) is 70.0 Å². The number of hydrogen-bond acceptors (Lipinski definition) is 8. The molecule has 0 aliphatic carbocycles. The van der Waals surface area contributed by atoms with Crippen LogP contribution >= 0.6 is 7.82 Å². The molecule has 0 aliphatic heterocycles. The third kappa shape index (κ3) is 43.0. The summed E-state index contributed by atoms with van der Waals surface area (Å²) in [6.07, 6.45) is 49.4. The van der Waals surface area contributed by atoms with Gasteiger partial charge in [0, 0.05) is 12.8 Å². The van der Waals surface area contributed by atoms with Crippen molar-refractivity contribution in [3.05, 3.63) is 72.9 Å². The number of allylic oxidation sites excluding steroid dienone is 12. The van der Waals surface area contributed by atoms with Crippen molar-refractivity contribution in [2.45, 2.75) is 174 Å². The first-order valence-corrected chi connectivity index (χ1v) is 24.1. The van der Waals surface area contributed by atoms with Crippen LogP contribution in [0.4, 0.5) is 0 Å². The number of likely N-dealkylation sites (N-methyl/N-ethyl adjacent to an activating group) is 1. The highest BCUT2D eigenvalue weighted by Gasteiger charge is 2.21. The summed E-state index contributed by atoms with van der Waals surface area (Å²) >= 11 is 0. The number of ether oxygens (including phenoxy) is 2. The lowest BCUT2D eigenvalue weighted by atomic mass is 10.1. The van der Waals surface area contributed by atoms with Crippen molar-refractivity contribution in [2.24, 2.45) is 0 Å². The van der Waals surface area contributed by atoms with Crippen LogP contribution in [0, 0.1) is 0 Å². The van der Waals surface area contributed by atoms with E-state index in [2.05, 4.69) is 74.6 Å². The zero-order valence-electron chi connectivity index (χ0n) is 37.5. The Bertz CT molecular complexity index is 1220. The monoisotopic (exact) mass is 834 g/mol. The second-order valence-electron chi connectivity index (χ2n) is 16.1. The molecule has 0 rings (SSSR count). The van der Waals surface area contributed by atoms with Crippen molar-refractivity contribution in [1.29, 1.82) is 0 Å². The highest BCUT2D eigenvalue weighted by atomic mass is 31.2. The normalized spacial score (nSPS) is 14.2. The Morgan fingerprint density at radius 1 is 0.534 bits per heavy atom. The molecule has 0 radical (unpaired) electrons. The predicted octanol–water partition coefficient (Wildman–Crippen LogP) is 12.4. The van der Waals surface area contributed by atoms with Crippen LogP contribution in [0.3, 0.4) is 0 Å². The Morgan fingerprint density at radius 2 is 0.966 bits per heavy atom. The zero-order chi connectivity index (χ0) is 42.8. The van der Waals surface area contributed by atoms with E-state index in [-0.39, 0.29) is 26.1 Å². The van der Waals surface area contributed by atoms with Gasteiger partial charge in [-0.3, -0.25) is 14.2 Å². The molecule has 0 aromatic carbocycles. The summed E-state index contributed by atoms with van der Waals surface area (Å²) in [7, 11) is 1.11. The van der Waals surface area contributed by atoms with Gasteiger partial charge in [-0.2, -0.15) is 0 Å². The summed E-state index contributed by atoms with van der Waals surface area (Å²) in [6, 6.07) is 0. The molecular weight excluding hydrogens is 750 g/mol. The third-order valence-corrected chi connectivity index (χ3v) is 10.2. The van der Waals surface area contributed by atoms with Crippen molar-refractivity contribution in [1.82, 2.24) is 0 Å². The molecule has 0 aromatic rings. The molecule has 0 bridgehead atoms. The molecule has 10 heteroatoms. The Kier molecular flexibility index (Phi) is 38.1. The van der Waals surface area contributed by atoms with Gasteiger partial charge in [0.25, 0.3) is 7.82 Å². The minimum absolute atomic E-state index is 0.0485. The number of nitrogens with zero attached hydrogens (tertiary/aromatic N) is 1. The van der Waals surface area contributed by atoms with Crippen molar-refractivity contribution >= 4 is 19.8 Å². The first-order chi connectivity index (χ1) is 28.0. The van der Waals surface area contributed by atoms with Crippen LogP contribution in [0.15, 0.2) is 72.9 Å². The zero-order valence-corrected chi connectivity index (χ0v) is 38.4. The van der Waals surface area contributed by atoms with Crippen molar-refractivity contribution < 1.29 is 42.1 Å². The Hall–Kier alpha value is -2.55. The maximum Gasteiger partial charge on any atom is 0.306 e. The first-order valence-electron chi connectivity index (χ1n) is 22.6. The molecule has 58 heavy (non-hydrogen) atoms. The number of rotatable bonds is 40. The lowest BCUT2D eigenvalue weighted by molar-refractivity contribution is -0.870. The highest BCUT2D eigenvalue weighted by Crippen LogP contribution is 2.38. The quantitative estimate of drug-likeness (QED) is 0.0197. The lowest BCUT2D eigenvalue weighted by Gasteiger charge is -2.28. The SMILES string of the molecule is CCCCC/C=C\C/C=C\C/C=C\C/C=C\C/C=C\CCC(=O)O[C@H](COC(=O)CCCCCCC/C=C\CCCCCCCC)COP(=O)([O-])OCC[N+](C)(C)C. The van der Waals surface area contributed by atoms with E-state index in [1.165, 1.54) is 70.6 Å². The molecule has 2 atom stereocenters. The second kappa shape index (κ2) is 39.9. The van der Waals surface area contributed by atoms with E-state index >= 15 is 0 Å². The topological polar surface area (TPSA) is 111 Å². The van der Waals surface area contributed by atoms with Gasteiger partial charge in [0.1, 0.15) is 19.8 Å². The van der Waals surface area contributed by atoms with Gasteiger partial charge in [0.15, 0.2) is 6.10 Å². The number of esters is 2. The standard InChI is InChI=1S/C48H84NO8P/c1-6-8-10-12-14-16-18-20-22-23-24-25-27-29-31-33-35-37-39-41-48(51)57-46(45-56-58(52,53)55-43-42-49(3,4)5)44-54-47(50)40-38-36-34-32-30-28-26-21-19-17-15-13-11-9-7-2/h14,16,20-22,24-26,29,31,35,37,46H,6-13,15,17-19,23,27-28,30,32-34,36,38-45H2,1-5H3/b16-14-,22-20-,25-24-,26-21-,31-29-,37-35-/t46-/m1/s1. The van der Waals surface area contributed by atoms with Crippen molar-refractivity contribution in [3.63, 3.8) is 0 Å². The second-order valence-corrected chi connectivity index (χ2v) is 17.5. The number of phosphoric acid groups is 1. The number of carbonyl (C=O) groups is 2. The molecule has 0 aromatic heterocycles. The molecule has 0 fully saturated rings. The van der Waals surface area contributed by atoms with E-state index in [4.69, 9.17) is 18.5 Å². The van der Waals surface area contributed by atoms with Crippen LogP contribution in [0.2, 0.25) is 0 Å². The maximum absolute atomic E-state index is 12.6. The average molecular weight is 834 g/mol. The molecule has 0 aliphatic rings. The number of quaternary nitrogens is 1. The van der Waals surface area contributed by atoms with Crippen molar-refractivity contribution in [3.8, 4) is 0 Å². The fraction of sp³-hybridized carbons (Fsp3) is 0.708. The Labute approximate surface area is 355 Å². The predicted molar refractivity (Wildman–Crippen MR) is 240 cm³/mol. The largest absolute Gasteiger partial charge is 0.756 e. The van der Waals surface area contributed by atoms with Gasteiger partial charge in [0.2, 0.25) is 0 Å². The molecule has 0 heterocycles. The summed E-state index contributed by atoms with van der Waals surface area (Å²) in [6.45, 7) is 4.08. The number of carbonyl (C=O) groups excluding carboxylic acids is 2. The van der Waals surface area contributed by atoms with E-state index in [0.29, 0.717) is 23.9 Å². The van der Waals surface area contributed by atoms with Crippen LogP contribution in [0.25, 0.3) is 0 Å². The first kappa shape index (κ1) is 55.5. The van der Waals surface area contributed by atoms with E-state index in [1.807, 2.05) is 33.3 Å². The molecular formula is C48H84NO8P. The van der Waals surface area contributed by atoms with Gasteiger partial charge in [0.05, 0.1) is 27.7 Å². The summed E-state index contributed by atoms with van der Waals surface area (Å²) in [4.78, 5) is 37.5. The molecule has 0 spiro atoms. The summed E-state index contributed by atoms with van der Waals surface area (Å²) < 4.78 is 33.8. The van der Waals surface area contributed by atoms with Gasteiger partial charge in [-0.05, 0) is 77.0 Å². The fourth-order valence-electron chi connectivity index (χ4n) is 5.63. The van der Waals surface area contributed by atoms with Gasteiger partial charge < -0.3 is 27.9 Å². The Morgan fingerprint density at radius 3 is 1.50 bits per heavy atom. The van der Waals surface area contributed by atoms with Gasteiger partial charge in [-0.1, -0.05) is 151 Å². The van der Waals surface area contributed by atoms with E-state index in [1.54, 1.807) is 0 Å². The molecule has 0 N–H and O–H groups in total. The minimum atomic E-state index is -4.65.